The highest BCUT2D eigenvalue weighted by molar-refractivity contribution is 14.0. The highest BCUT2D eigenvalue weighted by atomic mass is 127. The number of ether oxygens (including phenoxy) is 2. The number of fused-ring (bicyclic) bond motifs is 1. The summed E-state index contributed by atoms with van der Waals surface area (Å²) < 4.78 is 11.4. The lowest BCUT2D eigenvalue weighted by molar-refractivity contribution is 0.297. The molecule has 5 nitrogen and oxygen atoms in total. The minimum atomic E-state index is 0. The lowest BCUT2D eigenvalue weighted by atomic mass is 10.0. The maximum absolute atomic E-state index is 5.73. The quantitative estimate of drug-likeness (QED) is 0.398. The summed E-state index contributed by atoms with van der Waals surface area (Å²) in [6, 6.07) is 6.09. The van der Waals surface area contributed by atoms with Gasteiger partial charge >= 0.3 is 0 Å². The van der Waals surface area contributed by atoms with E-state index in [0.717, 1.165) is 42.6 Å². The highest BCUT2D eigenvalue weighted by Crippen LogP contribution is 2.30. The summed E-state index contributed by atoms with van der Waals surface area (Å²) in [5.74, 6) is 3.19. The maximum Gasteiger partial charge on any atom is 0.191 e. The number of hydrogen-bond donors (Lipinski definition) is 2. The van der Waals surface area contributed by atoms with Crippen molar-refractivity contribution < 1.29 is 9.47 Å². The Morgan fingerprint density at radius 2 is 1.83 bits per heavy atom. The van der Waals surface area contributed by atoms with E-state index in [0.29, 0.717) is 19.1 Å². The first-order valence-corrected chi connectivity index (χ1v) is 8.59. The second-order valence-corrected chi connectivity index (χ2v) is 5.82. The molecule has 0 aromatic heterocycles. The first-order valence-electron chi connectivity index (χ1n) is 8.59. The Balaban J connectivity index is 0.00000288. The Morgan fingerprint density at radius 1 is 1.12 bits per heavy atom. The standard InChI is InChI=1S/C18H29N3O2.HI/c1-4-14(5-2)12-20-18(19-3)21-13-15-7-8-16-17(11-15)23-10-6-9-22-16;/h7-8,11,14H,4-6,9-10,12-13H2,1-3H3,(H2,19,20,21);1H. The van der Waals surface area contributed by atoms with Crippen molar-refractivity contribution in [2.75, 3.05) is 26.8 Å². The van der Waals surface area contributed by atoms with Crippen molar-refractivity contribution >= 4 is 29.9 Å². The van der Waals surface area contributed by atoms with Crippen LogP contribution in [0.25, 0.3) is 0 Å². The summed E-state index contributed by atoms with van der Waals surface area (Å²) in [6.07, 6.45) is 3.29. The number of aliphatic imine (C=N–C) groups is 1. The monoisotopic (exact) mass is 447 g/mol. The van der Waals surface area contributed by atoms with Crippen LogP contribution in [-0.2, 0) is 6.54 Å². The molecule has 0 aliphatic carbocycles. The second kappa shape index (κ2) is 11.4. The third-order valence-electron chi connectivity index (χ3n) is 4.21. The Morgan fingerprint density at radius 3 is 2.50 bits per heavy atom. The van der Waals surface area contributed by atoms with Gasteiger partial charge in [-0.2, -0.15) is 0 Å². The molecule has 1 heterocycles. The van der Waals surface area contributed by atoms with Gasteiger partial charge in [-0.25, -0.2) is 0 Å². The second-order valence-electron chi connectivity index (χ2n) is 5.82. The molecule has 0 bridgehead atoms. The van der Waals surface area contributed by atoms with Crippen molar-refractivity contribution in [2.45, 2.75) is 39.7 Å². The van der Waals surface area contributed by atoms with Crippen LogP contribution < -0.4 is 20.1 Å². The Labute approximate surface area is 162 Å². The number of nitrogens with one attached hydrogen (secondary N) is 2. The van der Waals surface area contributed by atoms with Gasteiger partial charge in [0.25, 0.3) is 0 Å². The zero-order valence-electron chi connectivity index (χ0n) is 14.9. The first kappa shape index (κ1) is 20.9. The van der Waals surface area contributed by atoms with E-state index in [1.807, 2.05) is 12.1 Å². The van der Waals surface area contributed by atoms with Crippen LogP contribution in [0.15, 0.2) is 23.2 Å². The van der Waals surface area contributed by atoms with Crippen molar-refractivity contribution in [3.8, 4) is 11.5 Å². The van der Waals surface area contributed by atoms with Crippen LogP contribution in [0.1, 0.15) is 38.7 Å². The average Bonchev–Trinajstić information content (AvgIpc) is 2.83. The molecular weight excluding hydrogens is 417 g/mol. The summed E-state index contributed by atoms with van der Waals surface area (Å²) in [4.78, 5) is 4.28. The van der Waals surface area contributed by atoms with Crippen LogP contribution in [0.5, 0.6) is 11.5 Å². The van der Waals surface area contributed by atoms with Gasteiger partial charge in [0.1, 0.15) is 0 Å². The third kappa shape index (κ3) is 6.37. The molecular formula is C18H30IN3O2. The number of benzene rings is 1. The first-order chi connectivity index (χ1) is 11.3. The summed E-state index contributed by atoms with van der Waals surface area (Å²) in [6.45, 7) is 7.54. The van der Waals surface area contributed by atoms with Gasteiger partial charge in [-0.3, -0.25) is 4.99 Å². The number of halogens is 1. The molecule has 0 spiro atoms. The molecule has 0 radical (unpaired) electrons. The molecule has 1 aliphatic rings. The predicted molar refractivity (Wildman–Crippen MR) is 110 cm³/mol. The molecule has 0 fully saturated rings. The smallest absolute Gasteiger partial charge is 0.191 e. The fraction of sp³-hybridized carbons (Fsp3) is 0.611. The summed E-state index contributed by atoms with van der Waals surface area (Å²) in [5, 5.41) is 6.75. The Hall–Kier alpha value is -1.18. The number of nitrogens with zero attached hydrogens (tertiary/aromatic N) is 1. The number of hydrogen-bond acceptors (Lipinski definition) is 3. The molecule has 0 saturated heterocycles. The van der Waals surface area contributed by atoms with Crippen molar-refractivity contribution in [1.82, 2.24) is 10.6 Å². The van der Waals surface area contributed by atoms with Gasteiger partial charge in [0.05, 0.1) is 13.2 Å². The molecule has 2 rings (SSSR count). The highest BCUT2D eigenvalue weighted by Gasteiger charge is 2.11. The van der Waals surface area contributed by atoms with Crippen LogP contribution in [-0.4, -0.2) is 32.8 Å². The molecule has 1 aliphatic heterocycles. The van der Waals surface area contributed by atoms with E-state index >= 15 is 0 Å². The molecule has 1 aromatic rings. The largest absolute Gasteiger partial charge is 0.490 e. The Bertz CT molecular complexity index is 519. The van der Waals surface area contributed by atoms with Gasteiger partial charge in [0.15, 0.2) is 17.5 Å². The van der Waals surface area contributed by atoms with Gasteiger partial charge in [-0.15, -0.1) is 24.0 Å². The number of rotatable bonds is 6. The fourth-order valence-corrected chi connectivity index (χ4v) is 2.54. The van der Waals surface area contributed by atoms with E-state index in [-0.39, 0.29) is 24.0 Å². The molecule has 24 heavy (non-hydrogen) atoms. The van der Waals surface area contributed by atoms with E-state index in [9.17, 15) is 0 Å². The van der Waals surface area contributed by atoms with Crippen LogP contribution >= 0.6 is 24.0 Å². The van der Waals surface area contributed by atoms with Crippen molar-refractivity contribution in [1.29, 1.82) is 0 Å². The van der Waals surface area contributed by atoms with E-state index in [2.05, 4.69) is 35.5 Å². The Kier molecular flexibility index (Phi) is 9.90. The van der Waals surface area contributed by atoms with Crippen LogP contribution in [0.4, 0.5) is 0 Å². The molecule has 6 heteroatoms. The van der Waals surface area contributed by atoms with Crippen molar-refractivity contribution in [3.63, 3.8) is 0 Å². The number of guanidine groups is 1. The summed E-state index contributed by atoms with van der Waals surface area (Å²) in [7, 11) is 1.80. The van der Waals surface area contributed by atoms with Gasteiger partial charge in [-0.1, -0.05) is 32.8 Å². The van der Waals surface area contributed by atoms with Crippen LogP contribution in [0, 0.1) is 5.92 Å². The molecule has 0 amide bonds. The van der Waals surface area contributed by atoms with Crippen molar-refractivity contribution in [3.05, 3.63) is 23.8 Å². The zero-order chi connectivity index (χ0) is 16.5. The molecule has 0 saturated carbocycles. The molecule has 0 atom stereocenters. The normalized spacial score (nSPS) is 13.9. The van der Waals surface area contributed by atoms with Gasteiger partial charge in [0, 0.05) is 26.6 Å². The zero-order valence-corrected chi connectivity index (χ0v) is 17.3. The minimum absolute atomic E-state index is 0. The van der Waals surface area contributed by atoms with Crippen molar-refractivity contribution in [2.24, 2.45) is 10.9 Å². The summed E-state index contributed by atoms with van der Waals surface area (Å²) in [5.41, 5.74) is 1.15. The van der Waals surface area contributed by atoms with Crippen LogP contribution in [0.2, 0.25) is 0 Å². The van der Waals surface area contributed by atoms with Crippen LogP contribution in [0.3, 0.4) is 0 Å². The topological polar surface area (TPSA) is 54.9 Å². The minimum Gasteiger partial charge on any atom is -0.490 e. The summed E-state index contributed by atoms with van der Waals surface area (Å²) >= 11 is 0. The molecule has 0 unspecified atom stereocenters. The predicted octanol–water partition coefficient (Wildman–Crippen LogP) is 3.57. The molecule has 136 valence electrons. The van der Waals surface area contributed by atoms with E-state index in [4.69, 9.17) is 9.47 Å². The van der Waals surface area contributed by atoms with E-state index in [1.165, 1.54) is 12.8 Å². The van der Waals surface area contributed by atoms with Gasteiger partial charge < -0.3 is 20.1 Å². The fourth-order valence-electron chi connectivity index (χ4n) is 2.54. The van der Waals surface area contributed by atoms with E-state index in [1.54, 1.807) is 7.05 Å². The molecule has 2 N–H and O–H groups in total. The average molecular weight is 447 g/mol. The lowest BCUT2D eigenvalue weighted by Gasteiger charge is -2.17. The lowest BCUT2D eigenvalue weighted by Crippen LogP contribution is -2.39. The SMILES string of the molecule is CCC(CC)CNC(=NC)NCc1ccc2c(c1)OCCCO2.I. The maximum atomic E-state index is 5.73. The van der Waals surface area contributed by atoms with Gasteiger partial charge in [-0.05, 0) is 23.6 Å². The van der Waals surface area contributed by atoms with Gasteiger partial charge in [0.2, 0.25) is 0 Å². The third-order valence-corrected chi connectivity index (χ3v) is 4.21. The van der Waals surface area contributed by atoms with E-state index < -0.39 is 0 Å². The molecule has 1 aromatic carbocycles.